The molecule has 3 rings (SSSR count). The fourth-order valence-electron chi connectivity index (χ4n) is 3.77. The Morgan fingerprint density at radius 2 is 2.00 bits per heavy atom. The van der Waals surface area contributed by atoms with Crippen molar-refractivity contribution in [1.29, 1.82) is 0 Å². The summed E-state index contributed by atoms with van der Waals surface area (Å²) in [6, 6.07) is 10.1. The summed E-state index contributed by atoms with van der Waals surface area (Å²) >= 11 is 0. The zero-order valence-electron chi connectivity index (χ0n) is 16.5. The molecule has 6 nitrogen and oxygen atoms in total. The number of methoxy groups -OCH3 is 1. The van der Waals surface area contributed by atoms with Crippen LogP contribution in [0.2, 0.25) is 0 Å². The summed E-state index contributed by atoms with van der Waals surface area (Å²) in [4.78, 5) is 25.4. The Labute approximate surface area is 159 Å². The zero-order valence-corrected chi connectivity index (χ0v) is 16.5. The molecule has 146 valence electrons. The predicted octanol–water partition coefficient (Wildman–Crippen LogP) is 3.82. The van der Waals surface area contributed by atoms with Gasteiger partial charge in [0.25, 0.3) is 5.56 Å². The maximum Gasteiger partial charge on any atom is 0.409 e. The molecular formula is C21H28N2O4. The lowest BCUT2D eigenvalue weighted by atomic mass is 9.84. The largest absolute Gasteiger partial charge is 0.453 e. The highest BCUT2D eigenvalue weighted by molar-refractivity contribution is 5.68. The van der Waals surface area contributed by atoms with Gasteiger partial charge in [-0.1, -0.05) is 45.0 Å². The van der Waals surface area contributed by atoms with Gasteiger partial charge >= 0.3 is 6.09 Å². The summed E-state index contributed by atoms with van der Waals surface area (Å²) in [5.41, 5.74) is 2.35. The van der Waals surface area contributed by atoms with Gasteiger partial charge in [0, 0.05) is 24.6 Å². The number of ether oxygens (including phenoxy) is 1. The minimum absolute atomic E-state index is 0.00288. The maximum atomic E-state index is 12.2. The molecule has 0 spiro atoms. The third-order valence-electron chi connectivity index (χ3n) is 5.36. The smallest absolute Gasteiger partial charge is 0.409 e. The van der Waals surface area contributed by atoms with Crippen LogP contribution in [0.4, 0.5) is 4.79 Å². The fraction of sp³-hybridized carbons (Fsp3) is 0.524. The van der Waals surface area contributed by atoms with E-state index in [2.05, 4.69) is 50.2 Å². The van der Waals surface area contributed by atoms with Gasteiger partial charge in [-0.3, -0.25) is 4.79 Å². The van der Waals surface area contributed by atoms with Gasteiger partial charge < -0.3 is 14.2 Å². The molecule has 0 radical (unpaired) electrons. The minimum atomic E-state index is -0.305. The second kappa shape index (κ2) is 7.62. The molecule has 1 aromatic carbocycles. The van der Waals surface area contributed by atoms with Gasteiger partial charge in [-0.15, -0.1) is 0 Å². The van der Waals surface area contributed by atoms with E-state index >= 15 is 0 Å². The van der Waals surface area contributed by atoms with Crippen LogP contribution in [0.1, 0.15) is 56.4 Å². The van der Waals surface area contributed by atoms with E-state index < -0.39 is 0 Å². The van der Waals surface area contributed by atoms with Gasteiger partial charge in [0.05, 0.1) is 7.11 Å². The molecule has 2 heterocycles. The number of carbonyl (C=O) groups excluding carboxylic acids is 1. The van der Waals surface area contributed by atoms with Crippen molar-refractivity contribution < 1.29 is 14.1 Å². The summed E-state index contributed by atoms with van der Waals surface area (Å²) in [5, 5.41) is 2.36. The SMILES string of the molecule is COC(=O)N1CC[C@@H](c2cc(=O)[nH]o2)C[C@H]1Cc1ccc(C(C)(C)C)cc1. The Bertz CT molecular complexity index is 829. The molecule has 1 aliphatic rings. The lowest BCUT2D eigenvalue weighted by molar-refractivity contribution is 0.0817. The van der Waals surface area contributed by atoms with Crippen molar-refractivity contribution in [1.82, 2.24) is 10.1 Å². The average molecular weight is 372 g/mol. The fourth-order valence-corrected chi connectivity index (χ4v) is 3.77. The van der Waals surface area contributed by atoms with Crippen LogP contribution in [0.5, 0.6) is 0 Å². The monoisotopic (exact) mass is 372 g/mol. The zero-order chi connectivity index (χ0) is 19.6. The van der Waals surface area contributed by atoms with Crippen molar-refractivity contribution in [3.63, 3.8) is 0 Å². The molecule has 1 saturated heterocycles. The number of nitrogens with one attached hydrogen (secondary N) is 1. The van der Waals surface area contributed by atoms with Crippen molar-refractivity contribution in [3.05, 3.63) is 57.6 Å². The molecule has 1 aliphatic heterocycles. The van der Waals surface area contributed by atoms with E-state index in [-0.39, 0.29) is 29.0 Å². The number of nitrogens with zero attached hydrogens (tertiary/aromatic N) is 1. The number of benzene rings is 1. The first-order chi connectivity index (χ1) is 12.8. The third-order valence-corrected chi connectivity index (χ3v) is 5.36. The van der Waals surface area contributed by atoms with E-state index in [4.69, 9.17) is 9.26 Å². The van der Waals surface area contributed by atoms with Crippen LogP contribution in [0.3, 0.4) is 0 Å². The van der Waals surface area contributed by atoms with Crippen LogP contribution in [0.25, 0.3) is 0 Å². The first-order valence-electron chi connectivity index (χ1n) is 9.40. The van der Waals surface area contributed by atoms with Gasteiger partial charge in [0.1, 0.15) is 5.76 Å². The Morgan fingerprint density at radius 1 is 1.30 bits per heavy atom. The molecule has 2 atom stereocenters. The minimum Gasteiger partial charge on any atom is -0.453 e. The van der Waals surface area contributed by atoms with Crippen LogP contribution in [-0.2, 0) is 16.6 Å². The van der Waals surface area contributed by atoms with Gasteiger partial charge in [0.15, 0.2) is 0 Å². The van der Waals surface area contributed by atoms with E-state index in [1.165, 1.54) is 24.3 Å². The highest BCUT2D eigenvalue weighted by atomic mass is 16.5. The van der Waals surface area contributed by atoms with E-state index in [9.17, 15) is 9.59 Å². The van der Waals surface area contributed by atoms with Gasteiger partial charge in [-0.25, -0.2) is 4.79 Å². The third kappa shape index (κ3) is 4.43. The van der Waals surface area contributed by atoms with Crippen molar-refractivity contribution in [2.24, 2.45) is 0 Å². The number of H-pyrrole nitrogens is 1. The summed E-state index contributed by atoms with van der Waals surface area (Å²) < 4.78 is 10.3. The van der Waals surface area contributed by atoms with E-state index in [0.29, 0.717) is 12.3 Å². The summed E-state index contributed by atoms with van der Waals surface area (Å²) in [7, 11) is 1.41. The van der Waals surface area contributed by atoms with Crippen LogP contribution < -0.4 is 5.56 Å². The van der Waals surface area contributed by atoms with Gasteiger partial charge in [-0.2, -0.15) is 5.16 Å². The topological polar surface area (TPSA) is 75.5 Å². The lowest BCUT2D eigenvalue weighted by Gasteiger charge is -2.38. The maximum absolute atomic E-state index is 12.2. The number of aromatic nitrogens is 1. The first-order valence-corrected chi connectivity index (χ1v) is 9.40. The highest BCUT2D eigenvalue weighted by Gasteiger charge is 2.34. The predicted molar refractivity (Wildman–Crippen MR) is 103 cm³/mol. The molecule has 2 aromatic rings. The molecule has 1 N–H and O–H groups in total. The van der Waals surface area contributed by atoms with Crippen LogP contribution in [0, 0.1) is 0 Å². The Kier molecular flexibility index (Phi) is 5.44. The molecule has 1 fully saturated rings. The summed E-state index contributed by atoms with van der Waals surface area (Å²) in [6.07, 6.45) is 1.91. The summed E-state index contributed by atoms with van der Waals surface area (Å²) in [6.45, 7) is 7.16. The first kappa shape index (κ1) is 19.3. The molecule has 0 aliphatic carbocycles. The Hall–Kier alpha value is -2.50. The van der Waals surface area contributed by atoms with Crippen molar-refractivity contribution >= 4 is 6.09 Å². The lowest BCUT2D eigenvalue weighted by Crippen LogP contribution is -2.46. The van der Waals surface area contributed by atoms with E-state index in [1.807, 2.05) is 0 Å². The second-order valence-corrected chi connectivity index (χ2v) is 8.30. The Balaban J connectivity index is 1.79. The molecule has 0 bridgehead atoms. The molecule has 0 saturated carbocycles. The molecule has 0 unspecified atom stereocenters. The van der Waals surface area contributed by atoms with Crippen molar-refractivity contribution in [2.75, 3.05) is 13.7 Å². The molecule has 27 heavy (non-hydrogen) atoms. The number of hydrogen-bond acceptors (Lipinski definition) is 4. The van der Waals surface area contributed by atoms with Crippen LogP contribution >= 0.6 is 0 Å². The van der Waals surface area contributed by atoms with Gasteiger partial charge in [0.2, 0.25) is 0 Å². The number of hydrogen-bond donors (Lipinski definition) is 1. The number of aromatic amines is 1. The molecule has 1 aromatic heterocycles. The number of carbonyl (C=O) groups is 1. The summed E-state index contributed by atoms with van der Waals surface area (Å²) in [5.74, 6) is 0.779. The highest BCUT2D eigenvalue weighted by Crippen LogP contribution is 2.33. The second-order valence-electron chi connectivity index (χ2n) is 8.30. The molecule has 1 amide bonds. The number of amides is 1. The van der Waals surface area contributed by atoms with Crippen molar-refractivity contribution in [2.45, 2.75) is 57.4 Å². The number of rotatable bonds is 3. The van der Waals surface area contributed by atoms with E-state index in [1.54, 1.807) is 4.90 Å². The Morgan fingerprint density at radius 3 is 2.56 bits per heavy atom. The van der Waals surface area contributed by atoms with E-state index in [0.717, 1.165) is 19.3 Å². The normalized spacial score (nSPS) is 20.5. The molecule has 6 heteroatoms. The number of likely N-dealkylation sites (tertiary alicyclic amines) is 1. The molecular weight excluding hydrogens is 344 g/mol. The van der Waals surface area contributed by atoms with Gasteiger partial charge in [-0.05, 0) is 35.8 Å². The van der Waals surface area contributed by atoms with Crippen LogP contribution in [-0.4, -0.2) is 35.8 Å². The van der Waals surface area contributed by atoms with Crippen LogP contribution in [0.15, 0.2) is 39.6 Å². The standard InChI is InChI=1S/C21H28N2O4/c1-21(2,3)16-7-5-14(6-8-16)11-17-12-15(18-13-19(24)22-27-18)9-10-23(17)20(25)26-4/h5-8,13,15,17H,9-12H2,1-4H3,(H,22,24)/t15-,17-/m1/s1. The number of piperidine rings is 1. The average Bonchev–Trinajstić information content (AvgIpc) is 3.07. The van der Waals surface area contributed by atoms with Crippen molar-refractivity contribution in [3.8, 4) is 0 Å². The quantitative estimate of drug-likeness (QED) is 0.889.